The molecule has 0 aliphatic heterocycles. The molecule has 0 saturated heterocycles. The normalized spacial score (nSPS) is 27.0. The number of rotatable bonds is 8. The Kier molecular flexibility index (Phi) is 6.68. The van der Waals surface area contributed by atoms with Gasteiger partial charge >= 0.3 is 0 Å². The topological polar surface area (TPSA) is 9.23 Å². The Morgan fingerprint density at radius 1 is 0.846 bits per heavy atom. The van der Waals surface area contributed by atoms with E-state index >= 15 is 0 Å². The molecule has 26 heavy (non-hydrogen) atoms. The van der Waals surface area contributed by atoms with Crippen LogP contribution in [0, 0.1) is 22.7 Å². The maximum absolute atomic E-state index is 5.72. The minimum atomic E-state index is 0.626. The Bertz CT molecular complexity index is 591. The molecule has 0 amide bonds. The van der Waals surface area contributed by atoms with Crippen LogP contribution in [0.3, 0.4) is 0 Å². The summed E-state index contributed by atoms with van der Waals surface area (Å²) in [6, 6.07) is 8.28. The van der Waals surface area contributed by atoms with Gasteiger partial charge in [0.05, 0.1) is 6.61 Å². The molecule has 0 N–H and O–H groups in total. The number of hydrogen-bond acceptors (Lipinski definition) is 1. The third kappa shape index (κ3) is 4.85. The minimum absolute atomic E-state index is 0.626. The van der Waals surface area contributed by atoms with Gasteiger partial charge in [-0.1, -0.05) is 38.5 Å². The van der Waals surface area contributed by atoms with Crippen LogP contribution in [0.5, 0.6) is 5.75 Å². The maximum Gasteiger partial charge on any atom is 0.119 e. The lowest BCUT2D eigenvalue weighted by molar-refractivity contribution is -0.0188. The van der Waals surface area contributed by atoms with Gasteiger partial charge in [-0.3, -0.25) is 0 Å². The molecule has 1 aromatic carbocycles. The summed E-state index contributed by atoms with van der Waals surface area (Å²) in [4.78, 5) is 0. The van der Waals surface area contributed by atoms with Crippen LogP contribution >= 0.6 is 0 Å². The van der Waals surface area contributed by atoms with E-state index in [0.717, 1.165) is 36.2 Å². The third-order valence-corrected chi connectivity index (χ3v) is 6.97. The van der Waals surface area contributed by atoms with Gasteiger partial charge in [0.15, 0.2) is 0 Å². The van der Waals surface area contributed by atoms with Crippen molar-refractivity contribution >= 4 is 0 Å². The molecular formula is C25H36O. The van der Waals surface area contributed by atoms with Gasteiger partial charge in [-0.05, 0) is 92.9 Å². The third-order valence-electron chi connectivity index (χ3n) is 6.97. The summed E-state index contributed by atoms with van der Waals surface area (Å²) in [5, 5.41) is 0. The number of ether oxygens (including phenoxy) is 1. The van der Waals surface area contributed by atoms with E-state index in [1.54, 1.807) is 0 Å². The van der Waals surface area contributed by atoms with E-state index in [4.69, 9.17) is 4.74 Å². The van der Waals surface area contributed by atoms with Crippen molar-refractivity contribution in [2.75, 3.05) is 6.61 Å². The zero-order valence-electron chi connectivity index (χ0n) is 16.9. The van der Waals surface area contributed by atoms with Crippen LogP contribution < -0.4 is 4.74 Å². The average Bonchev–Trinajstić information content (AvgIpc) is 2.68. The van der Waals surface area contributed by atoms with Crippen molar-refractivity contribution in [3.8, 4) is 17.6 Å². The summed E-state index contributed by atoms with van der Waals surface area (Å²) in [7, 11) is 0. The van der Waals surface area contributed by atoms with Crippen molar-refractivity contribution in [2.45, 2.75) is 90.9 Å². The van der Waals surface area contributed by atoms with Gasteiger partial charge < -0.3 is 4.74 Å². The first-order valence-corrected chi connectivity index (χ1v) is 10.9. The average molecular weight is 353 g/mol. The Labute approximate surface area is 160 Å². The zero-order chi connectivity index (χ0) is 18.3. The molecule has 0 unspecified atom stereocenters. The molecule has 1 nitrogen and oxygen atoms in total. The predicted molar refractivity (Wildman–Crippen MR) is 110 cm³/mol. The summed E-state index contributed by atoms with van der Waals surface area (Å²) >= 11 is 0. The molecule has 1 heteroatoms. The van der Waals surface area contributed by atoms with Gasteiger partial charge in [-0.25, -0.2) is 0 Å². The number of hydrogen-bond donors (Lipinski definition) is 0. The van der Waals surface area contributed by atoms with Crippen molar-refractivity contribution in [1.29, 1.82) is 0 Å². The zero-order valence-corrected chi connectivity index (χ0v) is 16.9. The number of unbranched alkanes of at least 4 members (excludes halogenated alkanes) is 1. The Balaban J connectivity index is 1.45. The quantitative estimate of drug-likeness (QED) is 0.357. The van der Waals surface area contributed by atoms with E-state index in [-0.39, 0.29) is 0 Å². The molecule has 4 rings (SSSR count). The molecule has 142 valence electrons. The molecule has 1 aromatic rings. The molecule has 0 radical (unpaired) electrons. The second-order valence-electron chi connectivity index (χ2n) is 8.78. The van der Waals surface area contributed by atoms with E-state index in [1.165, 1.54) is 64.2 Å². The van der Waals surface area contributed by atoms with Crippen LogP contribution in [-0.2, 0) is 0 Å². The monoisotopic (exact) mass is 352 g/mol. The second-order valence-corrected chi connectivity index (χ2v) is 8.78. The van der Waals surface area contributed by atoms with Gasteiger partial charge in [-0.15, -0.1) is 0 Å². The molecule has 3 aliphatic carbocycles. The summed E-state index contributed by atoms with van der Waals surface area (Å²) < 4.78 is 5.72. The van der Waals surface area contributed by atoms with Gasteiger partial charge in [0.1, 0.15) is 5.75 Å². The fraction of sp³-hybridized carbons (Fsp3) is 0.680. The largest absolute Gasteiger partial charge is 0.494 e. The van der Waals surface area contributed by atoms with Crippen molar-refractivity contribution in [3.05, 3.63) is 29.8 Å². The van der Waals surface area contributed by atoms with E-state index < -0.39 is 0 Å². The molecule has 0 spiro atoms. The van der Waals surface area contributed by atoms with Crippen LogP contribution in [0.25, 0.3) is 0 Å². The van der Waals surface area contributed by atoms with E-state index in [9.17, 15) is 0 Å². The highest BCUT2D eigenvalue weighted by molar-refractivity contribution is 5.38. The first-order chi connectivity index (χ1) is 12.7. The van der Waals surface area contributed by atoms with Gasteiger partial charge in [0, 0.05) is 12.0 Å². The van der Waals surface area contributed by atoms with Crippen LogP contribution in [-0.4, -0.2) is 6.61 Å². The first-order valence-electron chi connectivity index (χ1n) is 10.9. The molecule has 3 aliphatic rings. The van der Waals surface area contributed by atoms with Crippen molar-refractivity contribution in [3.63, 3.8) is 0 Å². The molecule has 2 bridgehead atoms. The Morgan fingerprint density at radius 3 is 2.04 bits per heavy atom. The fourth-order valence-electron chi connectivity index (χ4n) is 5.08. The molecule has 3 saturated carbocycles. The van der Waals surface area contributed by atoms with E-state index in [0.29, 0.717) is 5.41 Å². The van der Waals surface area contributed by atoms with Crippen molar-refractivity contribution in [1.82, 2.24) is 0 Å². The standard InChI is InChI=1S/C25H36O/c1-3-5-21-26-23-11-9-22(10-12-23)8-6-7-14-25-18-15-24(13-4-2,16-19-25)17-20-25/h9-12H,3-5,7,13-21H2,1-2H3. The van der Waals surface area contributed by atoms with Gasteiger partial charge in [-0.2, -0.15) is 0 Å². The molecule has 3 fully saturated rings. The Hall–Kier alpha value is -1.42. The maximum atomic E-state index is 5.72. The molecule has 0 aromatic heterocycles. The lowest BCUT2D eigenvalue weighted by Gasteiger charge is -2.54. The second kappa shape index (κ2) is 8.98. The predicted octanol–water partition coefficient (Wildman–Crippen LogP) is 7.14. The van der Waals surface area contributed by atoms with Crippen LogP contribution in [0.1, 0.15) is 96.5 Å². The van der Waals surface area contributed by atoms with Crippen molar-refractivity contribution in [2.24, 2.45) is 10.8 Å². The smallest absolute Gasteiger partial charge is 0.119 e. The Morgan fingerprint density at radius 2 is 1.46 bits per heavy atom. The lowest BCUT2D eigenvalue weighted by Crippen LogP contribution is -2.41. The van der Waals surface area contributed by atoms with E-state index in [2.05, 4.69) is 37.8 Å². The van der Waals surface area contributed by atoms with Gasteiger partial charge in [0.25, 0.3) is 0 Å². The first kappa shape index (κ1) is 19.3. The molecule has 0 atom stereocenters. The van der Waals surface area contributed by atoms with Crippen LogP contribution in [0.4, 0.5) is 0 Å². The van der Waals surface area contributed by atoms with Crippen LogP contribution in [0.15, 0.2) is 24.3 Å². The molecular weight excluding hydrogens is 316 g/mol. The summed E-state index contributed by atoms with van der Waals surface area (Å²) in [6.45, 7) is 5.34. The minimum Gasteiger partial charge on any atom is -0.494 e. The highest BCUT2D eigenvalue weighted by atomic mass is 16.5. The number of benzene rings is 1. The highest BCUT2D eigenvalue weighted by Gasteiger charge is 2.47. The SMILES string of the molecule is CCCCOc1ccc(C#CCCC23CCC(CCC)(CC2)CC3)cc1. The van der Waals surface area contributed by atoms with Crippen molar-refractivity contribution < 1.29 is 4.74 Å². The van der Waals surface area contributed by atoms with Gasteiger partial charge in [0.2, 0.25) is 0 Å². The lowest BCUT2D eigenvalue weighted by atomic mass is 9.51. The summed E-state index contributed by atoms with van der Waals surface area (Å²) in [6.07, 6.45) is 16.3. The number of fused-ring (bicyclic) bond motifs is 3. The van der Waals surface area contributed by atoms with E-state index in [1.807, 2.05) is 12.1 Å². The van der Waals surface area contributed by atoms with Crippen LogP contribution in [0.2, 0.25) is 0 Å². The summed E-state index contributed by atoms with van der Waals surface area (Å²) in [5.74, 6) is 7.76. The highest BCUT2D eigenvalue weighted by Crippen LogP contribution is 2.60. The molecule has 0 heterocycles. The fourth-order valence-corrected chi connectivity index (χ4v) is 5.08. The summed E-state index contributed by atoms with van der Waals surface area (Å²) in [5.41, 5.74) is 2.46.